The van der Waals surface area contributed by atoms with Gasteiger partial charge in [0.25, 0.3) is 5.91 Å². The molecule has 2 aromatic rings. The summed E-state index contributed by atoms with van der Waals surface area (Å²) < 4.78 is 5.37. The molecule has 0 aliphatic carbocycles. The van der Waals surface area contributed by atoms with Crippen LogP contribution < -0.4 is 4.74 Å². The average Bonchev–Trinajstić information content (AvgIpc) is 2.93. The first-order valence-electron chi connectivity index (χ1n) is 8.45. The number of carboxylic acid groups (broad SMARTS) is 1. The number of nitrogens with zero attached hydrogens (tertiary/aromatic N) is 2. The molecular formula is C20H18N2O5S. The molecular weight excluding hydrogens is 380 g/mol. The first kappa shape index (κ1) is 19.5. The van der Waals surface area contributed by atoms with E-state index in [9.17, 15) is 14.7 Å². The molecule has 0 spiro atoms. The number of rotatable bonds is 5. The number of thioether (sulfide) groups is 1. The lowest BCUT2D eigenvalue weighted by Gasteiger charge is -2.08. The van der Waals surface area contributed by atoms with Crippen LogP contribution in [0, 0.1) is 0 Å². The minimum Gasteiger partial charge on any atom is -0.504 e. The Morgan fingerprint density at radius 2 is 2.04 bits per heavy atom. The van der Waals surface area contributed by atoms with E-state index in [1.165, 1.54) is 17.0 Å². The van der Waals surface area contributed by atoms with Gasteiger partial charge in [-0.25, -0.2) is 9.79 Å². The standard InChI is InChI=1S/C20H18N2O5S/c1-3-27-15-9-5-6-12(17(15)23)11-16-18(24)22(2)20(28-16)21-14-8-4-7-13(10-14)19(25)26/h4-11,23H,3H2,1-2H3,(H,25,26)/b16-11-,21-20?. The van der Waals surface area contributed by atoms with E-state index in [1.807, 2.05) is 6.92 Å². The van der Waals surface area contributed by atoms with Crippen LogP contribution in [-0.4, -0.2) is 45.8 Å². The number of aromatic hydroxyl groups is 1. The van der Waals surface area contributed by atoms with Gasteiger partial charge in [0.15, 0.2) is 16.7 Å². The molecule has 0 bridgehead atoms. The fraction of sp³-hybridized carbons (Fsp3) is 0.150. The van der Waals surface area contributed by atoms with Crippen molar-refractivity contribution in [2.24, 2.45) is 4.99 Å². The number of ether oxygens (including phenoxy) is 1. The smallest absolute Gasteiger partial charge is 0.335 e. The fourth-order valence-corrected chi connectivity index (χ4v) is 3.52. The molecule has 1 fully saturated rings. The topological polar surface area (TPSA) is 99.4 Å². The number of hydrogen-bond acceptors (Lipinski definition) is 6. The number of para-hydroxylation sites is 1. The lowest BCUT2D eigenvalue weighted by Crippen LogP contribution is -2.23. The number of aromatic carboxylic acids is 1. The van der Waals surface area contributed by atoms with Crippen molar-refractivity contribution in [2.75, 3.05) is 13.7 Å². The van der Waals surface area contributed by atoms with Crippen LogP contribution in [0.4, 0.5) is 5.69 Å². The van der Waals surface area contributed by atoms with E-state index in [4.69, 9.17) is 9.84 Å². The van der Waals surface area contributed by atoms with Crippen LogP contribution in [0.5, 0.6) is 11.5 Å². The van der Waals surface area contributed by atoms with Crippen molar-refractivity contribution in [3.05, 3.63) is 58.5 Å². The van der Waals surface area contributed by atoms with Crippen LogP contribution >= 0.6 is 11.8 Å². The van der Waals surface area contributed by atoms with E-state index < -0.39 is 5.97 Å². The molecule has 28 heavy (non-hydrogen) atoms. The SMILES string of the molecule is CCOc1cccc(/C=C2\SC(=Nc3cccc(C(=O)O)c3)N(C)C2=O)c1O. The molecule has 144 valence electrons. The molecule has 1 heterocycles. The van der Waals surface area contributed by atoms with Crippen molar-refractivity contribution in [1.29, 1.82) is 0 Å². The van der Waals surface area contributed by atoms with E-state index in [1.54, 1.807) is 43.5 Å². The Morgan fingerprint density at radius 3 is 2.75 bits per heavy atom. The number of aliphatic imine (C=N–C) groups is 1. The van der Waals surface area contributed by atoms with Crippen LogP contribution in [0.3, 0.4) is 0 Å². The van der Waals surface area contributed by atoms with Crippen LogP contribution in [-0.2, 0) is 4.79 Å². The second kappa shape index (κ2) is 8.18. The van der Waals surface area contributed by atoms with Gasteiger partial charge in [-0.2, -0.15) is 0 Å². The van der Waals surface area contributed by atoms with Gasteiger partial charge in [-0.1, -0.05) is 18.2 Å². The van der Waals surface area contributed by atoms with Gasteiger partial charge in [-0.15, -0.1) is 0 Å². The quantitative estimate of drug-likeness (QED) is 0.745. The molecule has 7 nitrogen and oxygen atoms in total. The lowest BCUT2D eigenvalue weighted by atomic mass is 10.1. The van der Waals surface area contributed by atoms with Gasteiger partial charge in [0, 0.05) is 12.6 Å². The minimum absolute atomic E-state index is 0.0348. The maximum absolute atomic E-state index is 12.6. The van der Waals surface area contributed by atoms with Gasteiger partial charge in [-0.05, 0) is 49.0 Å². The lowest BCUT2D eigenvalue weighted by molar-refractivity contribution is -0.121. The number of carbonyl (C=O) groups excluding carboxylic acids is 1. The maximum atomic E-state index is 12.6. The number of hydrogen-bond donors (Lipinski definition) is 2. The molecule has 8 heteroatoms. The van der Waals surface area contributed by atoms with Gasteiger partial charge in [0.05, 0.1) is 22.8 Å². The Labute approximate surface area is 166 Å². The summed E-state index contributed by atoms with van der Waals surface area (Å²) in [7, 11) is 1.59. The highest BCUT2D eigenvalue weighted by atomic mass is 32.2. The maximum Gasteiger partial charge on any atom is 0.335 e. The highest BCUT2D eigenvalue weighted by molar-refractivity contribution is 8.18. The number of benzene rings is 2. The Morgan fingerprint density at radius 1 is 1.29 bits per heavy atom. The number of phenolic OH excluding ortho intramolecular Hbond substituents is 1. The fourth-order valence-electron chi connectivity index (χ4n) is 2.54. The zero-order valence-electron chi connectivity index (χ0n) is 15.2. The first-order valence-corrected chi connectivity index (χ1v) is 9.26. The van der Waals surface area contributed by atoms with Gasteiger partial charge in [-0.3, -0.25) is 9.69 Å². The summed E-state index contributed by atoms with van der Waals surface area (Å²) in [5, 5.41) is 19.8. The molecule has 2 N–H and O–H groups in total. The molecule has 0 radical (unpaired) electrons. The molecule has 0 unspecified atom stereocenters. The summed E-state index contributed by atoms with van der Waals surface area (Å²) in [4.78, 5) is 29.8. The van der Waals surface area contributed by atoms with Crippen LogP contribution in [0.15, 0.2) is 52.4 Å². The number of amides is 1. The van der Waals surface area contributed by atoms with E-state index in [0.717, 1.165) is 11.8 Å². The third-order valence-corrected chi connectivity index (χ3v) is 5.00. The van der Waals surface area contributed by atoms with E-state index >= 15 is 0 Å². The molecule has 3 rings (SSSR count). The Bertz CT molecular complexity index is 1000. The summed E-state index contributed by atoms with van der Waals surface area (Å²) in [5.74, 6) is -0.998. The van der Waals surface area contributed by atoms with E-state index in [2.05, 4.69) is 4.99 Å². The van der Waals surface area contributed by atoms with Gasteiger partial charge in [0.1, 0.15) is 0 Å². The monoisotopic (exact) mass is 398 g/mol. The summed E-state index contributed by atoms with van der Waals surface area (Å²) in [5.41, 5.74) is 1.01. The Hall–Kier alpha value is -3.26. The van der Waals surface area contributed by atoms with Gasteiger partial charge < -0.3 is 14.9 Å². The van der Waals surface area contributed by atoms with E-state index in [0.29, 0.717) is 33.7 Å². The number of phenols is 1. The van der Waals surface area contributed by atoms with Crippen molar-refractivity contribution >= 4 is 40.6 Å². The Balaban J connectivity index is 1.92. The molecule has 0 saturated carbocycles. The largest absolute Gasteiger partial charge is 0.504 e. The summed E-state index contributed by atoms with van der Waals surface area (Å²) in [6.45, 7) is 2.23. The first-order chi connectivity index (χ1) is 13.4. The minimum atomic E-state index is -1.05. The average molecular weight is 398 g/mol. The highest BCUT2D eigenvalue weighted by Crippen LogP contribution is 2.37. The summed E-state index contributed by atoms with van der Waals surface area (Å²) >= 11 is 1.15. The Kier molecular flexibility index (Phi) is 5.70. The molecule has 1 amide bonds. The van der Waals surface area contributed by atoms with E-state index in [-0.39, 0.29) is 17.2 Å². The predicted octanol–water partition coefficient (Wildman–Crippen LogP) is 3.72. The van der Waals surface area contributed by atoms with Crippen LogP contribution in [0.1, 0.15) is 22.8 Å². The van der Waals surface area contributed by atoms with Gasteiger partial charge in [0.2, 0.25) is 0 Å². The number of carbonyl (C=O) groups is 2. The number of likely N-dealkylation sites (N-methyl/N-ethyl adjacent to an activating group) is 1. The normalized spacial score (nSPS) is 16.8. The molecule has 1 aliphatic heterocycles. The third-order valence-electron chi connectivity index (χ3n) is 3.94. The number of carboxylic acids is 1. The zero-order valence-corrected chi connectivity index (χ0v) is 16.1. The van der Waals surface area contributed by atoms with Crippen molar-refractivity contribution in [3.8, 4) is 11.5 Å². The van der Waals surface area contributed by atoms with Crippen molar-refractivity contribution in [2.45, 2.75) is 6.92 Å². The predicted molar refractivity (Wildman–Crippen MR) is 108 cm³/mol. The second-order valence-corrected chi connectivity index (χ2v) is 6.86. The molecule has 1 saturated heterocycles. The van der Waals surface area contributed by atoms with Crippen molar-refractivity contribution in [1.82, 2.24) is 4.90 Å². The van der Waals surface area contributed by atoms with Crippen LogP contribution in [0.2, 0.25) is 0 Å². The van der Waals surface area contributed by atoms with Crippen molar-refractivity contribution < 1.29 is 24.5 Å². The number of amidine groups is 1. The second-order valence-electron chi connectivity index (χ2n) is 5.85. The summed E-state index contributed by atoms with van der Waals surface area (Å²) in [6.07, 6.45) is 1.58. The third kappa shape index (κ3) is 4.01. The van der Waals surface area contributed by atoms with Gasteiger partial charge >= 0.3 is 5.97 Å². The highest BCUT2D eigenvalue weighted by Gasteiger charge is 2.30. The zero-order chi connectivity index (χ0) is 20.3. The molecule has 2 aromatic carbocycles. The summed E-state index contributed by atoms with van der Waals surface area (Å²) in [6, 6.07) is 11.2. The molecule has 0 atom stereocenters. The molecule has 1 aliphatic rings. The van der Waals surface area contributed by atoms with Crippen molar-refractivity contribution in [3.63, 3.8) is 0 Å². The molecule has 0 aromatic heterocycles. The van der Waals surface area contributed by atoms with Crippen LogP contribution in [0.25, 0.3) is 6.08 Å².